The summed E-state index contributed by atoms with van der Waals surface area (Å²) in [5.74, 6) is 0.0705. The topological polar surface area (TPSA) is 45.2 Å². The number of hydrogen-bond acceptors (Lipinski definition) is 3. The second kappa shape index (κ2) is 6.66. The number of amides is 1. The number of likely N-dealkylation sites (tertiary alicyclic amines) is 1. The van der Waals surface area contributed by atoms with E-state index < -0.39 is 0 Å². The Morgan fingerprint density at radius 3 is 3.16 bits per heavy atom. The van der Waals surface area contributed by atoms with Crippen LogP contribution in [0.2, 0.25) is 0 Å². The first kappa shape index (κ1) is 14.0. The predicted molar refractivity (Wildman–Crippen MR) is 76.2 cm³/mol. The van der Waals surface area contributed by atoms with E-state index in [0.29, 0.717) is 11.7 Å². The van der Waals surface area contributed by atoms with Crippen molar-refractivity contribution in [1.29, 1.82) is 0 Å². The molecule has 2 rings (SSSR count). The first-order valence-corrected chi connectivity index (χ1v) is 7.16. The number of hydrogen-bond donors (Lipinski definition) is 1. The standard InChI is InChI=1S/C15H23N3O/c1-3-8-16-13-7-5-10-18(11-13)15(19)14-12(2)6-4-9-17-14/h4,6,9,13,16H,3,5,7-8,10-11H2,1-2H3. The summed E-state index contributed by atoms with van der Waals surface area (Å²) in [6, 6.07) is 4.24. The molecule has 0 aromatic carbocycles. The number of piperidine rings is 1. The fraction of sp³-hybridized carbons (Fsp3) is 0.600. The van der Waals surface area contributed by atoms with Crippen LogP contribution < -0.4 is 5.32 Å². The molecular formula is C15H23N3O. The minimum Gasteiger partial charge on any atom is -0.336 e. The number of rotatable bonds is 4. The molecule has 0 bridgehead atoms. The summed E-state index contributed by atoms with van der Waals surface area (Å²) in [6.07, 6.45) is 5.05. The lowest BCUT2D eigenvalue weighted by Gasteiger charge is -2.33. The molecule has 1 aromatic heterocycles. The fourth-order valence-electron chi connectivity index (χ4n) is 2.54. The molecule has 104 valence electrons. The van der Waals surface area contributed by atoms with Gasteiger partial charge >= 0.3 is 0 Å². The summed E-state index contributed by atoms with van der Waals surface area (Å²) in [5.41, 5.74) is 1.55. The molecular weight excluding hydrogens is 238 g/mol. The summed E-state index contributed by atoms with van der Waals surface area (Å²) in [7, 11) is 0. The molecule has 1 amide bonds. The highest BCUT2D eigenvalue weighted by atomic mass is 16.2. The van der Waals surface area contributed by atoms with E-state index in [9.17, 15) is 4.79 Å². The van der Waals surface area contributed by atoms with Crippen molar-refractivity contribution in [1.82, 2.24) is 15.2 Å². The number of carbonyl (C=O) groups excluding carboxylic acids is 1. The zero-order valence-electron chi connectivity index (χ0n) is 11.9. The van der Waals surface area contributed by atoms with Gasteiger partial charge < -0.3 is 10.2 Å². The predicted octanol–water partition coefficient (Wildman–Crippen LogP) is 1.99. The van der Waals surface area contributed by atoms with E-state index in [0.717, 1.165) is 44.5 Å². The molecule has 0 radical (unpaired) electrons. The number of aryl methyl sites for hydroxylation is 1. The van der Waals surface area contributed by atoms with Gasteiger partial charge in [0.25, 0.3) is 5.91 Å². The van der Waals surface area contributed by atoms with Crippen LogP contribution in [0, 0.1) is 6.92 Å². The van der Waals surface area contributed by atoms with Crippen molar-refractivity contribution in [3.8, 4) is 0 Å². The molecule has 0 spiro atoms. The highest BCUT2D eigenvalue weighted by Gasteiger charge is 2.25. The minimum absolute atomic E-state index is 0.0705. The Kier molecular flexibility index (Phi) is 4.91. The molecule has 1 aliphatic rings. The molecule has 4 nitrogen and oxygen atoms in total. The van der Waals surface area contributed by atoms with Crippen molar-refractivity contribution in [3.63, 3.8) is 0 Å². The quantitative estimate of drug-likeness (QED) is 0.901. The molecule has 19 heavy (non-hydrogen) atoms. The minimum atomic E-state index is 0.0705. The number of nitrogens with zero attached hydrogens (tertiary/aromatic N) is 2. The van der Waals surface area contributed by atoms with Crippen molar-refractivity contribution >= 4 is 5.91 Å². The number of carbonyl (C=O) groups is 1. The molecule has 2 heterocycles. The summed E-state index contributed by atoms with van der Waals surface area (Å²) in [4.78, 5) is 18.6. The van der Waals surface area contributed by atoms with Gasteiger partial charge in [-0.3, -0.25) is 9.78 Å². The Labute approximate surface area is 115 Å². The van der Waals surface area contributed by atoms with Crippen LogP contribution in [0.1, 0.15) is 42.2 Å². The van der Waals surface area contributed by atoms with Crippen LogP contribution in [0.15, 0.2) is 18.3 Å². The summed E-state index contributed by atoms with van der Waals surface area (Å²) in [5, 5.41) is 3.51. The number of nitrogens with one attached hydrogen (secondary N) is 1. The van der Waals surface area contributed by atoms with Gasteiger partial charge in [0.2, 0.25) is 0 Å². The van der Waals surface area contributed by atoms with Gasteiger partial charge in [-0.2, -0.15) is 0 Å². The third kappa shape index (κ3) is 3.53. The fourth-order valence-corrected chi connectivity index (χ4v) is 2.54. The third-order valence-electron chi connectivity index (χ3n) is 3.60. The maximum Gasteiger partial charge on any atom is 0.272 e. The van der Waals surface area contributed by atoms with Gasteiger partial charge in [-0.15, -0.1) is 0 Å². The van der Waals surface area contributed by atoms with Crippen LogP contribution in [0.4, 0.5) is 0 Å². The number of aromatic nitrogens is 1. The zero-order valence-corrected chi connectivity index (χ0v) is 11.9. The second-order valence-corrected chi connectivity index (χ2v) is 5.21. The Morgan fingerprint density at radius 2 is 2.42 bits per heavy atom. The van der Waals surface area contributed by atoms with E-state index >= 15 is 0 Å². The largest absolute Gasteiger partial charge is 0.336 e. The number of pyridine rings is 1. The molecule has 4 heteroatoms. The van der Waals surface area contributed by atoms with Crippen LogP contribution in [0.3, 0.4) is 0 Å². The highest BCUT2D eigenvalue weighted by molar-refractivity contribution is 5.93. The molecule has 1 atom stereocenters. The van der Waals surface area contributed by atoms with Crippen molar-refractivity contribution in [2.45, 2.75) is 39.2 Å². The molecule has 1 aliphatic heterocycles. The van der Waals surface area contributed by atoms with Crippen LogP contribution in [-0.2, 0) is 0 Å². The van der Waals surface area contributed by atoms with Gasteiger partial charge in [-0.25, -0.2) is 0 Å². The van der Waals surface area contributed by atoms with Crippen molar-refractivity contribution < 1.29 is 4.79 Å². The SMILES string of the molecule is CCCNC1CCCN(C(=O)c2ncccc2C)C1. The monoisotopic (exact) mass is 261 g/mol. The van der Waals surface area contributed by atoms with Gasteiger partial charge in [0.05, 0.1) is 0 Å². The Morgan fingerprint density at radius 1 is 1.58 bits per heavy atom. The average molecular weight is 261 g/mol. The summed E-state index contributed by atoms with van der Waals surface area (Å²) in [6.45, 7) is 6.77. The maximum absolute atomic E-state index is 12.5. The average Bonchev–Trinajstić information content (AvgIpc) is 2.45. The molecule has 1 unspecified atom stereocenters. The zero-order chi connectivity index (χ0) is 13.7. The van der Waals surface area contributed by atoms with Gasteiger partial charge in [0.1, 0.15) is 5.69 Å². The Balaban J connectivity index is 2.01. The third-order valence-corrected chi connectivity index (χ3v) is 3.60. The first-order valence-electron chi connectivity index (χ1n) is 7.16. The summed E-state index contributed by atoms with van der Waals surface area (Å²) >= 11 is 0. The first-order chi connectivity index (χ1) is 9.22. The maximum atomic E-state index is 12.5. The van der Waals surface area contributed by atoms with Gasteiger partial charge in [0, 0.05) is 25.3 Å². The highest BCUT2D eigenvalue weighted by Crippen LogP contribution is 2.14. The van der Waals surface area contributed by atoms with Gasteiger partial charge in [0.15, 0.2) is 0 Å². The molecule has 1 N–H and O–H groups in total. The van der Waals surface area contributed by atoms with Gasteiger partial charge in [-0.05, 0) is 44.4 Å². The van der Waals surface area contributed by atoms with E-state index in [2.05, 4.69) is 17.2 Å². The lowest BCUT2D eigenvalue weighted by atomic mass is 10.0. The van der Waals surface area contributed by atoms with Crippen LogP contribution in [0.5, 0.6) is 0 Å². The molecule has 1 saturated heterocycles. The van der Waals surface area contributed by atoms with E-state index in [1.165, 1.54) is 0 Å². The molecule has 1 aromatic rings. The Hall–Kier alpha value is -1.42. The molecule has 1 fully saturated rings. The lowest BCUT2D eigenvalue weighted by Crippen LogP contribution is -2.48. The van der Waals surface area contributed by atoms with E-state index in [4.69, 9.17) is 0 Å². The van der Waals surface area contributed by atoms with Crippen LogP contribution >= 0.6 is 0 Å². The van der Waals surface area contributed by atoms with E-state index in [1.807, 2.05) is 24.0 Å². The van der Waals surface area contributed by atoms with Crippen LogP contribution in [0.25, 0.3) is 0 Å². The summed E-state index contributed by atoms with van der Waals surface area (Å²) < 4.78 is 0. The van der Waals surface area contributed by atoms with Gasteiger partial charge in [-0.1, -0.05) is 13.0 Å². The van der Waals surface area contributed by atoms with Crippen molar-refractivity contribution in [3.05, 3.63) is 29.6 Å². The van der Waals surface area contributed by atoms with Crippen molar-refractivity contribution in [2.75, 3.05) is 19.6 Å². The van der Waals surface area contributed by atoms with E-state index in [1.54, 1.807) is 6.20 Å². The van der Waals surface area contributed by atoms with Crippen LogP contribution in [-0.4, -0.2) is 41.5 Å². The van der Waals surface area contributed by atoms with Crippen molar-refractivity contribution in [2.24, 2.45) is 0 Å². The molecule has 0 saturated carbocycles. The lowest BCUT2D eigenvalue weighted by molar-refractivity contribution is 0.0688. The van der Waals surface area contributed by atoms with E-state index in [-0.39, 0.29) is 5.91 Å². The second-order valence-electron chi connectivity index (χ2n) is 5.21. The normalized spacial score (nSPS) is 19.5. The molecule has 0 aliphatic carbocycles. The Bertz CT molecular complexity index is 433. The smallest absolute Gasteiger partial charge is 0.272 e.